The summed E-state index contributed by atoms with van der Waals surface area (Å²) >= 11 is 3.42. The standard InChI is InChI=1S/C30H36BrN3O4S/c1-6-22(3)32-30(36)24(5)33(19-25-15-17-26(31)18-16-25)29(35)20-34(28-14-10-11-21(2)23(28)4)39(37,38)27-12-8-7-9-13-27/h7-18,22,24H,6,19-20H2,1-5H3,(H,32,36). The Bertz CT molecular complexity index is 1400. The lowest BCUT2D eigenvalue weighted by Crippen LogP contribution is -2.52. The van der Waals surface area contributed by atoms with E-state index in [4.69, 9.17) is 0 Å². The van der Waals surface area contributed by atoms with Crippen molar-refractivity contribution < 1.29 is 18.0 Å². The predicted molar refractivity (Wildman–Crippen MR) is 159 cm³/mol. The second kappa shape index (κ2) is 13.3. The Labute approximate surface area is 240 Å². The third kappa shape index (κ3) is 7.48. The zero-order valence-electron chi connectivity index (χ0n) is 23.0. The van der Waals surface area contributed by atoms with E-state index in [-0.39, 0.29) is 23.4 Å². The fraction of sp³-hybridized carbons (Fsp3) is 0.333. The third-order valence-corrected chi connectivity index (χ3v) is 9.19. The topological polar surface area (TPSA) is 86.8 Å². The second-order valence-corrected chi connectivity index (χ2v) is 12.5. The minimum atomic E-state index is -4.09. The van der Waals surface area contributed by atoms with Gasteiger partial charge in [0.15, 0.2) is 0 Å². The molecule has 39 heavy (non-hydrogen) atoms. The molecule has 2 unspecified atom stereocenters. The lowest BCUT2D eigenvalue weighted by atomic mass is 10.1. The number of sulfonamides is 1. The van der Waals surface area contributed by atoms with Crippen LogP contribution in [0.25, 0.3) is 0 Å². The highest BCUT2D eigenvalue weighted by Crippen LogP contribution is 2.29. The van der Waals surface area contributed by atoms with Gasteiger partial charge in [0, 0.05) is 17.1 Å². The molecule has 9 heteroatoms. The number of halogens is 1. The van der Waals surface area contributed by atoms with Crippen LogP contribution in [0, 0.1) is 13.8 Å². The van der Waals surface area contributed by atoms with Crippen LogP contribution in [-0.2, 0) is 26.2 Å². The predicted octanol–water partition coefficient (Wildman–Crippen LogP) is 5.59. The molecule has 0 bridgehead atoms. The summed E-state index contributed by atoms with van der Waals surface area (Å²) in [5.41, 5.74) is 2.90. The van der Waals surface area contributed by atoms with Gasteiger partial charge in [-0.15, -0.1) is 0 Å². The largest absolute Gasteiger partial charge is 0.352 e. The first kappa shape index (κ1) is 30.4. The third-order valence-electron chi connectivity index (χ3n) is 6.89. The molecule has 0 aromatic heterocycles. The van der Waals surface area contributed by atoms with Crippen molar-refractivity contribution in [1.29, 1.82) is 0 Å². The number of carbonyl (C=O) groups excluding carboxylic acids is 2. The Balaban J connectivity index is 2.05. The summed E-state index contributed by atoms with van der Waals surface area (Å²) in [6.45, 7) is 8.96. The molecule has 2 atom stereocenters. The lowest BCUT2D eigenvalue weighted by molar-refractivity contribution is -0.139. The molecule has 0 fully saturated rings. The van der Waals surface area contributed by atoms with E-state index in [0.717, 1.165) is 31.9 Å². The maximum absolute atomic E-state index is 14.0. The lowest BCUT2D eigenvalue weighted by Gasteiger charge is -2.33. The van der Waals surface area contributed by atoms with E-state index in [9.17, 15) is 18.0 Å². The van der Waals surface area contributed by atoms with Gasteiger partial charge >= 0.3 is 0 Å². The van der Waals surface area contributed by atoms with Crippen LogP contribution in [0.2, 0.25) is 0 Å². The number of carbonyl (C=O) groups is 2. The van der Waals surface area contributed by atoms with Gasteiger partial charge in [0.25, 0.3) is 10.0 Å². The normalized spacial score (nSPS) is 12.9. The van der Waals surface area contributed by atoms with E-state index >= 15 is 0 Å². The van der Waals surface area contributed by atoms with Crippen LogP contribution in [0.1, 0.15) is 43.9 Å². The van der Waals surface area contributed by atoms with Gasteiger partial charge in [-0.2, -0.15) is 0 Å². The zero-order chi connectivity index (χ0) is 28.7. The van der Waals surface area contributed by atoms with Gasteiger partial charge in [-0.1, -0.05) is 65.3 Å². The van der Waals surface area contributed by atoms with Gasteiger partial charge in [0.2, 0.25) is 11.8 Å². The second-order valence-electron chi connectivity index (χ2n) is 9.69. The Kier molecular flexibility index (Phi) is 10.3. The van der Waals surface area contributed by atoms with Crippen molar-refractivity contribution in [3.63, 3.8) is 0 Å². The molecule has 3 aromatic carbocycles. The van der Waals surface area contributed by atoms with Crippen LogP contribution in [-0.4, -0.2) is 43.8 Å². The minimum Gasteiger partial charge on any atom is -0.352 e. The Morgan fingerprint density at radius 3 is 2.18 bits per heavy atom. The summed E-state index contributed by atoms with van der Waals surface area (Å²) in [6, 6.07) is 20.0. The van der Waals surface area contributed by atoms with Gasteiger partial charge < -0.3 is 10.2 Å². The van der Waals surface area contributed by atoms with E-state index in [0.29, 0.717) is 5.69 Å². The number of rotatable bonds is 11. The summed E-state index contributed by atoms with van der Waals surface area (Å²) in [5, 5.41) is 2.95. The van der Waals surface area contributed by atoms with Crippen molar-refractivity contribution in [2.75, 3.05) is 10.8 Å². The molecule has 0 saturated heterocycles. The molecule has 1 N–H and O–H groups in total. The monoisotopic (exact) mass is 613 g/mol. The van der Waals surface area contributed by atoms with Crippen molar-refractivity contribution in [1.82, 2.24) is 10.2 Å². The van der Waals surface area contributed by atoms with E-state index in [1.54, 1.807) is 37.3 Å². The molecule has 0 spiro atoms. The number of nitrogens with one attached hydrogen (secondary N) is 1. The quantitative estimate of drug-likeness (QED) is 0.305. The van der Waals surface area contributed by atoms with Crippen molar-refractivity contribution in [2.45, 2.75) is 64.6 Å². The van der Waals surface area contributed by atoms with Crippen molar-refractivity contribution >= 4 is 43.5 Å². The molecule has 3 rings (SSSR count). The minimum absolute atomic E-state index is 0.0607. The maximum atomic E-state index is 14.0. The van der Waals surface area contributed by atoms with Crippen molar-refractivity contribution in [2.24, 2.45) is 0 Å². The number of hydrogen-bond donors (Lipinski definition) is 1. The van der Waals surface area contributed by atoms with Crippen LogP contribution in [0.15, 0.2) is 82.2 Å². The molecule has 0 aliphatic rings. The van der Waals surface area contributed by atoms with Crippen LogP contribution in [0.4, 0.5) is 5.69 Å². The average Bonchev–Trinajstić information content (AvgIpc) is 2.92. The van der Waals surface area contributed by atoms with Crippen LogP contribution >= 0.6 is 15.9 Å². The number of hydrogen-bond acceptors (Lipinski definition) is 4. The van der Waals surface area contributed by atoms with Gasteiger partial charge in [-0.05, 0) is 81.1 Å². The number of amides is 2. The first-order valence-electron chi connectivity index (χ1n) is 12.9. The van der Waals surface area contributed by atoms with Crippen molar-refractivity contribution in [3.05, 3.63) is 94.0 Å². The molecule has 7 nitrogen and oxygen atoms in total. The number of aryl methyl sites for hydroxylation is 1. The van der Waals surface area contributed by atoms with E-state index in [1.165, 1.54) is 17.0 Å². The first-order chi connectivity index (χ1) is 18.4. The SMILES string of the molecule is CCC(C)NC(=O)C(C)N(Cc1ccc(Br)cc1)C(=O)CN(c1cccc(C)c1C)S(=O)(=O)c1ccccc1. The zero-order valence-corrected chi connectivity index (χ0v) is 25.4. The average molecular weight is 615 g/mol. The molecule has 0 saturated carbocycles. The van der Waals surface area contributed by atoms with E-state index in [2.05, 4.69) is 21.2 Å². The van der Waals surface area contributed by atoms with Crippen LogP contribution in [0.5, 0.6) is 0 Å². The molecule has 0 aliphatic carbocycles. The summed E-state index contributed by atoms with van der Waals surface area (Å²) < 4.78 is 29.9. The van der Waals surface area contributed by atoms with Gasteiger partial charge in [-0.25, -0.2) is 8.42 Å². The van der Waals surface area contributed by atoms with Crippen molar-refractivity contribution in [3.8, 4) is 0 Å². The molecule has 0 radical (unpaired) electrons. The molecular formula is C30H36BrN3O4S. The van der Waals surface area contributed by atoms with E-state index < -0.39 is 28.5 Å². The number of benzene rings is 3. The molecule has 0 aliphatic heterocycles. The van der Waals surface area contributed by atoms with Gasteiger partial charge in [0.05, 0.1) is 10.6 Å². The highest BCUT2D eigenvalue weighted by atomic mass is 79.9. The Morgan fingerprint density at radius 2 is 1.56 bits per heavy atom. The Morgan fingerprint density at radius 1 is 0.923 bits per heavy atom. The molecule has 208 valence electrons. The molecule has 0 heterocycles. The molecule has 3 aromatic rings. The molecular weight excluding hydrogens is 578 g/mol. The first-order valence-corrected chi connectivity index (χ1v) is 15.2. The van der Waals surface area contributed by atoms with Gasteiger partial charge in [-0.3, -0.25) is 13.9 Å². The summed E-state index contributed by atoms with van der Waals surface area (Å²) in [5.74, 6) is -0.774. The smallest absolute Gasteiger partial charge is 0.264 e. The van der Waals surface area contributed by atoms with Crippen LogP contribution < -0.4 is 9.62 Å². The summed E-state index contributed by atoms with van der Waals surface area (Å²) in [7, 11) is -4.09. The maximum Gasteiger partial charge on any atom is 0.264 e. The fourth-order valence-corrected chi connectivity index (χ4v) is 5.83. The van der Waals surface area contributed by atoms with E-state index in [1.807, 2.05) is 58.0 Å². The van der Waals surface area contributed by atoms with Crippen LogP contribution in [0.3, 0.4) is 0 Å². The summed E-state index contributed by atoms with van der Waals surface area (Å²) in [4.78, 5) is 28.7. The number of nitrogens with zero attached hydrogens (tertiary/aromatic N) is 2. The highest BCUT2D eigenvalue weighted by Gasteiger charge is 2.33. The van der Waals surface area contributed by atoms with Gasteiger partial charge in [0.1, 0.15) is 12.6 Å². The Hall–Kier alpha value is -3.17. The highest BCUT2D eigenvalue weighted by molar-refractivity contribution is 9.10. The fourth-order valence-electron chi connectivity index (χ4n) is 4.07. The number of anilines is 1. The molecule has 2 amide bonds. The summed E-state index contributed by atoms with van der Waals surface area (Å²) in [6.07, 6.45) is 0.745.